The van der Waals surface area contributed by atoms with E-state index in [0.717, 1.165) is 5.56 Å². The summed E-state index contributed by atoms with van der Waals surface area (Å²) in [5.74, 6) is -0.293. The fourth-order valence-electron chi connectivity index (χ4n) is 3.09. The third-order valence-electron chi connectivity index (χ3n) is 4.17. The monoisotopic (exact) mass is 314 g/mol. The molecule has 2 aliphatic rings. The first-order valence-electron chi connectivity index (χ1n) is 8.13. The van der Waals surface area contributed by atoms with Gasteiger partial charge in [-0.2, -0.15) is 0 Å². The molecule has 2 aliphatic heterocycles. The standard InChI is InChI=1S/C19H22O4/c20-15-11-17(10-9-14-5-2-1-3-6-14)22-18(12-15)13-16-7-4-8-19(21)23-16/h1-6,8-10,15-18,20H,7,11-13H2/b10-9+/t15-,16?,17?,18+/m0/s1. The number of carbonyl (C=O) groups excluding carboxylic acids is 1. The number of aliphatic hydroxyl groups is 1. The van der Waals surface area contributed by atoms with Crippen molar-refractivity contribution in [1.29, 1.82) is 0 Å². The molecular formula is C19H22O4. The first-order chi connectivity index (χ1) is 11.2. The van der Waals surface area contributed by atoms with E-state index in [1.165, 1.54) is 6.08 Å². The van der Waals surface area contributed by atoms with Gasteiger partial charge < -0.3 is 14.6 Å². The van der Waals surface area contributed by atoms with Gasteiger partial charge >= 0.3 is 5.97 Å². The molecule has 4 atom stereocenters. The van der Waals surface area contributed by atoms with Crippen molar-refractivity contribution in [3.05, 3.63) is 54.1 Å². The van der Waals surface area contributed by atoms with Crippen molar-refractivity contribution in [2.24, 2.45) is 0 Å². The number of hydrogen-bond acceptors (Lipinski definition) is 4. The van der Waals surface area contributed by atoms with Crippen LogP contribution in [0.1, 0.15) is 31.2 Å². The van der Waals surface area contributed by atoms with Gasteiger partial charge in [-0.25, -0.2) is 4.79 Å². The van der Waals surface area contributed by atoms with Crippen LogP contribution in [-0.4, -0.2) is 35.5 Å². The molecule has 0 amide bonds. The summed E-state index contributed by atoms with van der Waals surface area (Å²) in [7, 11) is 0. The van der Waals surface area contributed by atoms with Gasteiger partial charge in [0.05, 0.1) is 18.3 Å². The molecule has 1 aromatic rings. The van der Waals surface area contributed by atoms with E-state index in [-0.39, 0.29) is 30.4 Å². The molecule has 3 rings (SSSR count). The van der Waals surface area contributed by atoms with Crippen molar-refractivity contribution >= 4 is 12.0 Å². The summed E-state index contributed by atoms with van der Waals surface area (Å²) in [5.41, 5.74) is 1.11. The highest BCUT2D eigenvalue weighted by atomic mass is 16.5. The Labute approximate surface area is 136 Å². The Morgan fingerprint density at radius 2 is 2.00 bits per heavy atom. The van der Waals surface area contributed by atoms with Crippen LogP contribution in [0, 0.1) is 0 Å². The molecule has 1 aromatic carbocycles. The smallest absolute Gasteiger partial charge is 0.330 e. The Morgan fingerprint density at radius 1 is 1.17 bits per heavy atom. The molecule has 1 fully saturated rings. The van der Waals surface area contributed by atoms with Crippen molar-refractivity contribution < 1.29 is 19.4 Å². The molecule has 122 valence electrons. The normalized spacial score (nSPS) is 31.3. The van der Waals surface area contributed by atoms with Crippen LogP contribution in [0.25, 0.3) is 6.08 Å². The second-order valence-electron chi connectivity index (χ2n) is 6.12. The van der Waals surface area contributed by atoms with Gasteiger partial charge in [-0.3, -0.25) is 0 Å². The first kappa shape index (κ1) is 16.0. The molecule has 0 spiro atoms. The number of esters is 1. The van der Waals surface area contributed by atoms with Gasteiger partial charge in [-0.15, -0.1) is 0 Å². The first-order valence-corrected chi connectivity index (χ1v) is 8.13. The van der Waals surface area contributed by atoms with Crippen LogP contribution in [0.3, 0.4) is 0 Å². The number of aliphatic hydroxyl groups excluding tert-OH is 1. The quantitative estimate of drug-likeness (QED) is 0.868. The SMILES string of the molecule is O=C1C=CCC(C[C@H]2C[C@@H](O)CC(/C=C/c3ccccc3)O2)O1. The Hall–Kier alpha value is -1.91. The lowest BCUT2D eigenvalue weighted by Gasteiger charge is -2.33. The van der Waals surface area contributed by atoms with Gasteiger partial charge in [0.2, 0.25) is 0 Å². The van der Waals surface area contributed by atoms with Gasteiger partial charge in [-0.1, -0.05) is 48.6 Å². The molecule has 2 unspecified atom stereocenters. The molecule has 23 heavy (non-hydrogen) atoms. The summed E-state index contributed by atoms with van der Waals surface area (Å²) >= 11 is 0. The second kappa shape index (κ2) is 7.57. The molecule has 4 heteroatoms. The highest BCUT2D eigenvalue weighted by Crippen LogP contribution is 2.26. The summed E-state index contributed by atoms with van der Waals surface area (Å²) in [6.07, 6.45) is 9.11. The molecule has 0 radical (unpaired) electrons. The largest absolute Gasteiger partial charge is 0.459 e. The molecule has 0 bridgehead atoms. The minimum Gasteiger partial charge on any atom is -0.459 e. The molecule has 0 saturated carbocycles. The molecular weight excluding hydrogens is 292 g/mol. The van der Waals surface area contributed by atoms with Crippen molar-refractivity contribution in [3.8, 4) is 0 Å². The molecule has 0 aromatic heterocycles. The minimum absolute atomic E-state index is 0.0894. The van der Waals surface area contributed by atoms with E-state index in [0.29, 0.717) is 25.7 Å². The van der Waals surface area contributed by atoms with Crippen molar-refractivity contribution in [2.45, 2.75) is 50.1 Å². The van der Waals surface area contributed by atoms with Crippen LogP contribution in [0.15, 0.2) is 48.6 Å². The highest BCUT2D eigenvalue weighted by molar-refractivity contribution is 5.82. The molecule has 0 aliphatic carbocycles. The van der Waals surface area contributed by atoms with E-state index >= 15 is 0 Å². The van der Waals surface area contributed by atoms with Crippen LogP contribution in [0.2, 0.25) is 0 Å². The van der Waals surface area contributed by atoms with E-state index in [1.807, 2.05) is 48.6 Å². The molecule has 4 nitrogen and oxygen atoms in total. The maximum atomic E-state index is 11.3. The van der Waals surface area contributed by atoms with Crippen LogP contribution in [0.4, 0.5) is 0 Å². The van der Waals surface area contributed by atoms with E-state index in [4.69, 9.17) is 9.47 Å². The second-order valence-corrected chi connectivity index (χ2v) is 6.12. The number of rotatable bonds is 4. The molecule has 1 saturated heterocycles. The van der Waals surface area contributed by atoms with Crippen LogP contribution in [0.5, 0.6) is 0 Å². The number of benzene rings is 1. The number of hydrogen-bond donors (Lipinski definition) is 1. The van der Waals surface area contributed by atoms with E-state index in [2.05, 4.69) is 0 Å². The maximum absolute atomic E-state index is 11.3. The fourth-order valence-corrected chi connectivity index (χ4v) is 3.09. The van der Waals surface area contributed by atoms with Crippen molar-refractivity contribution in [2.75, 3.05) is 0 Å². The number of cyclic esters (lactones) is 1. The lowest BCUT2D eigenvalue weighted by Crippen LogP contribution is -2.37. The van der Waals surface area contributed by atoms with Gasteiger partial charge in [-0.05, 0) is 12.0 Å². The van der Waals surface area contributed by atoms with Crippen molar-refractivity contribution in [1.82, 2.24) is 0 Å². The van der Waals surface area contributed by atoms with Crippen LogP contribution >= 0.6 is 0 Å². The molecule has 1 N–H and O–H groups in total. The van der Waals surface area contributed by atoms with Gasteiger partial charge in [0, 0.05) is 25.3 Å². The average Bonchev–Trinajstić information content (AvgIpc) is 2.53. The summed E-state index contributed by atoms with van der Waals surface area (Å²) in [5, 5.41) is 10.1. The maximum Gasteiger partial charge on any atom is 0.330 e. The third-order valence-corrected chi connectivity index (χ3v) is 4.17. The lowest BCUT2D eigenvalue weighted by atomic mass is 9.95. The summed E-state index contributed by atoms with van der Waals surface area (Å²) in [4.78, 5) is 11.3. The zero-order valence-corrected chi connectivity index (χ0v) is 13.0. The topological polar surface area (TPSA) is 55.8 Å². The Kier molecular flexibility index (Phi) is 5.26. The zero-order chi connectivity index (χ0) is 16.1. The van der Waals surface area contributed by atoms with Gasteiger partial charge in [0.15, 0.2) is 0 Å². The van der Waals surface area contributed by atoms with Crippen molar-refractivity contribution in [3.63, 3.8) is 0 Å². The third kappa shape index (κ3) is 4.78. The number of ether oxygens (including phenoxy) is 2. The van der Waals surface area contributed by atoms with Crippen LogP contribution < -0.4 is 0 Å². The Balaban J connectivity index is 1.57. The van der Waals surface area contributed by atoms with Gasteiger partial charge in [0.25, 0.3) is 0 Å². The van der Waals surface area contributed by atoms with E-state index in [1.54, 1.807) is 0 Å². The predicted octanol–water partition coefficient (Wildman–Crippen LogP) is 2.87. The Bertz CT molecular complexity index is 578. The van der Waals surface area contributed by atoms with Gasteiger partial charge in [0.1, 0.15) is 6.10 Å². The molecule has 2 heterocycles. The Morgan fingerprint density at radius 3 is 2.78 bits per heavy atom. The predicted molar refractivity (Wildman–Crippen MR) is 87.6 cm³/mol. The van der Waals surface area contributed by atoms with Crippen LogP contribution in [-0.2, 0) is 14.3 Å². The lowest BCUT2D eigenvalue weighted by molar-refractivity contribution is -0.148. The summed E-state index contributed by atoms with van der Waals surface area (Å²) in [6.45, 7) is 0. The number of carbonyl (C=O) groups is 1. The summed E-state index contributed by atoms with van der Waals surface area (Å²) < 4.78 is 11.3. The highest BCUT2D eigenvalue weighted by Gasteiger charge is 2.30. The average molecular weight is 314 g/mol. The zero-order valence-electron chi connectivity index (χ0n) is 13.0. The minimum atomic E-state index is -0.381. The van der Waals surface area contributed by atoms with E-state index < -0.39 is 0 Å². The van der Waals surface area contributed by atoms with E-state index in [9.17, 15) is 9.90 Å². The fraction of sp³-hybridized carbons (Fsp3) is 0.421. The summed E-state index contributed by atoms with van der Waals surface area (Å²) in [6, 6.07) is 10.0.